The molecule has 0 saturated heterocycles. The first-order valence-electron chi connectivity index (χ1n) is 5.88. The molecule has 0 rings (SSSR count). The van der Waals surface area contributed by atoms with Gasteiger partial charge in [0.1, 0.15) is 0 Å². The van der Waals surface area contributed by atoms with Crippen molar-refractivity contribution in [3.8, 4) is 0 Å². The highest BCUT2D eigenvalue weighted by Crippen LogP contribution is 2.22. The summed E-state index contributed by atoms with van der Waals surface area (Å²) in [5.41, 5.74) is 0.739. The van der Waals surface area contributed by atoms with E-state index >= 15 is 0 Å². The van der Waals surface area contributed by atoms with Crippen molar-refractivity contribution in [2.45, 2.75) is 79.3 Å². The third-order valence-electron chi connectivity index (χ3n) is 2.24. The van der Waals surface area contributed by atoms with Gasteiger partial charge in [0.2, 0.25) is 0 Å². The van der Waals surface area contributed by atoms with Gasteiger partial charge in [0, 0.05) is 11.6 Å². The predicted octanol–water partition coefficient (Wildman–Crippen LogP) is 3.98. The van der Waals surface area contributed by atoms with Gasteiger partial charge in [-0.25, -0.2) is 0 Å². The third kappa shape index (κ3) is 10.0. The Hall–Kier alpha value is -0.0400. The Labute approximate surface area is 90.7 Å². The van der Waals surface area contributed by atoms with E-state index in [0.29, 0.717) is 11.5 Å². The minimum atomic E-state index is 0.251. The molecule has 0 aromatic heterocycles. The standard InChI is InChI=1S/C13H29N/c1-11(14-13(5,6)7)9-8-10-12(2,3)4/h11,14H,8-10H2,1-7H3/t11-/m1/s1. The zero-order valence-corrected chi connectivity index (χ0v) is 11.2. The van der Waals surface area contributed by atoms with Crippen molar-refractivity contribution in [1.29, 1.82) is 0 Å². The Morgan fingerprint density at radius 3 is 1.86 bits per heavy atom. The zero-order valence-electron chi connectivity index (χ0n) is 11.2. The van der Waals surface area contributed by atoms with Crippen molar-refractivity contribution in [2.24, 2.45) is 5.41 Å². The minimum absolute atomic E-state index is 0.251. The van der Waals surface area contributed by atoms with Gasteiger partial charge >= 0.3 is 0 Å². The predicted molar refractivity (Wildman–Crippen MR) is 65.7 cm³/mol. The molecule has 0 bridgehead atoms. The molecular weight excluding hydrogens is 170 g/mol. The highest BCUT2D eigenvalue weighted by atomic mass is 15.0. The molecule has 0 fully saturated rings. The zero-order chi connectivity index (χ0) is 11.4. The van der Waals surface area contributed by atoms with Crippen LogP contribution >= 0.6 is 0 Å². The Bertz CT molecular complexity index is 148. The van der Waals surface area contributed by atoms with Crippen LogP contribution in [0.4, 0.5) is 0 Å². The largest absolute Gasteiger partial charge is 0.310 e. The van der Waals surface area contributed by atoms with E-state index < -0.39 is 0 Å². The van der Waals surface area contributed by atoms with E-state index in [1.165, 1.54) is 19.3 Å². The second-order valence-corrected chi connectivity index (χ2v) is 6.75. The van der Waals surface area contributed by atoms with E-state index in [-0.39, 0.29) is 5.54 Å². The molecule has 0 aromatic rings. The lowest BCUT2D eigenvalue weighted by Gasteiger charge is -2.27. The maximum Gasteiger partial charge on any atom is 0.00989 e. The first kappa shape index (κ1) is 14.0. The molecule has 1 atom stereocenters. The topological polar surface area (TPSA) is 12.0 Å². The van der Waals surface area contributed by atoms with Crippen LogP contribution in [-0.4, -0.2) is 11.6 Å². The lowest BCUT2D eigenvalue weighted by atomic mass is 9.89. The van der Waals surface area contributed by atoms with Gasteiger partial charge in [-0.1, -0.05) is 27.2 Å². The Morgan fingerprint density at radius 2 is 1.50 bits per heavy atom. The Morgan fingerprint density at radius 1 is 1.00 bits per heavy atom. The summed E-state index contributed by atoms with van der Waals surface area (Å²) in [6.07, 6.45) is 3.94. The van der Waals surface area contributed by atoms with Crippen LogP contribution in [0, 0.1) is 5.41 Å². The van der Waals surface area contributed by atoms with Gasteiger partial charge in [0.15, 0.2) is 0 Å². The summed E-state index contributed by atoms with van der Waals surface area (Å²) in [7, 11) is 0. The fraction of sp³-hybridized carbons (Fsp3) is 1.00. The van der Waals surface area contributed by atoms with E-state index in [4.69, 9.17) is 0 Å². The molecule has 0 aliphatic rings. The summed E-state index contributed by atoms with van der Waals surface area (Å²) in [4.78, 5) is 0. The van der Waals surface area contributed by atoms with Crippen molar-refractivity contribution in [3.05, 3.63) is 0 Å². The van der Waals surface area contributed by atoms with Gasteiger partial charge in [-0.15, -0.1) is 0 Å². The fourth-order valence-corrected chi connectivity index (χ4v) is 1.75. The fourth-order valence-electron chi connectivity index (χ4n) is 1.75. The molecule has 0 saturated carbocycles. The van der Waals surface area contributed by atoms with Gasteiger partial charge in [-0.05, 0) is 46.0 Å². The van der Waals surface area contributed by atoms with Crippen LogP contribution < -0.4 is 5.32 Å². The van der Waals surface area contributed by atoms with Gasteiger partial charge < -0.3 is 5.32 Å². The highest BCUT2D eigenvalue weighted by molar-refractivity contribution is 4.75. The van der Waals surface area contributed by atoms with E-state index in [1.807, 2.05) is 0 Å². The average molecular weight is 199 g/mol. The summed E-state index contributed by atoms with van der Waals surface area (Å²) in [6, 6.07) is 0.636. The Kier molecular flexibility index (Phi) is 5.14. The van der Waals surface area contributed by atoms with Crippen LogP contribution in [0.1, 0.15) is 67.7 Å². The van der Waals surface area contributed by atoms with Crippen LogP contribution in [0.15, 0.2) is 0 Å². The van der Waals surface area contributed by atoms with Crippen LogP contribution in [-0.2, 0) is 0 Å². The molecular formula is C13H29N. The molecule has 0 amide bonds. The minimum Gasteiger partial charge on any atom is -0.310 e. The molecule has 1 N–H and O–H groups in total. The van der Waals surface area contributed by atoms with Crippen molar-refractivity contribution in [3.63, 3.8) is 0 Å². The summed E-state index contributed by atoms with van der Waals surface area (Å²) in [6.45, 7) is 15.9. The molecule has 14 heavy (non-hydrogen) atoms. The molecule has 1 heteroatoms. The second-order valence-electron chi connectivity index (χ2n) is 6.75. The summed E-state index contributed by atoms with van der Waals surface area (Å²) >= 11 is 0. The van der Waals surface area contributed by atoms with Crippen LogP contribution in [0.2, 0.25) is 0 Å². The average Bonchev–Trinajstić information content (AvgIpc) is 1.78. The number of rotatable bonds is 4. The normalized spacial score (nSPS) is 15.6. The molecule has 1 nitrogen and oxygen atoms in total. The van der Waals surface area contributed by atoms with Crippen LogP contribution in [0.5, 0.6) is 0 Å². The van der Waals surface area contributed by atoms with Crippen molar-refractivity contribution in [2.75, 3.05) is 0 Å². The lowest BCUT2D eigenvalue weighted by molar-refractivity contribution is 0.318. The summed E-state index contributed by atoms with van der Waals surface area (Å²) in [5.74, 6) is 0. The summed E-state index contributed by atoms with van der Waals surface area (Å²) in [5, 5.41) is 3.61. The number of hydrogen-bond donors (Lipinski definition) is 1. The SMILES string of the molecule is C[C@H](CCCC(C)(C)C)NC(C)(C)C. The Balaban J connectivity index is 3.60. The van der Waals surface area contributed by atoms with Gasteiger partial charge in [-0.3, -0.25) is 0 Å². The molecule has 0 radical (unpaired) electrons. The third-order valence-corrected chi connectivity index (χ3v) is 2.24. The van der Waals surface area contributed by atoms with E-state index in [0.717, 1.165) is 0 Å². The molecule has 0 aromatic carbocycles. The summed E-state index contributed by atoms with van der Waals surface area (Å²) < 4.78 is 0. The molecule has 0 aliphatic carbocycles. The van der Waals surface area contributed by atoms with Crippen molar-refractivity contribution in [1.82, 2.24) is 5.32 Å². The molecule has 86 valence electrons. The molecule has 0 spiro atoms. The molecule has 0 aliphatic heterocycles. The second kappa shape index (κ2) is 5.16. The van der Waals surface area contributed by atoms with Gasteiger partial charge in [0.25, 0.3) is 0 Å². The molecule has 0 unspecified atom stereocenters. The molecule has 0 heterocycles. The maximum atomic E-state index is 3.61. The van der Waals surface area contributed by atoms with Gasteiger partial charge in [-0.2, -0.15) is 0 Å². The van der Waals surface area contributed by atoms with Crippen molar-refractivity contribution >= 4 is 0 Å². The maximum absolute atomic E-state index is 3.61. The number of hydrogen-bond acceptors (Lipinski definition) is 1. The van der Waals surface area contributed by atoms with Crippen molar-refractivity contribution < 1.29 is 0 Å². The van der Waals surface area contributed by atoms with E-state index in [1.54, 1.807) is 0 Å². The van der Waals surface area contributed by atoms with E-state index in [9.17, 15) is 0 Å². The van der Waals surface area contributed by atoms with Gasteiger partial charge in [0.05, 0.1) is 0 Å². The first-order chi connectivity index (χ1) is 6.10. The monoisotopic (exact) mass is 199 g/mol. The lowest BCUT2D eigenvalue weighted by Crippen LogP contribution is -2.42. The number of nitrogens with one attached hydrogen (secondary N) is 1. The first-order valence-corrected chi connectivity index (χ1v) is 5.88. The quantitative estimate of drug-likeness (QED) is 0.722. The van der Waals surface area contributed by atoms with Crippen LogP contribution in [0.3, 0.4) is 0 Å². The van der Waals surface area contributed by atoms with E-state index in [2.05, 4.69) is 53.8 Å². The smallest absolute Gasteiger partial charge is 0.00989 e. The highest BCUT2D eigenvalue weighted by Gasteiger charge is 2.14. The van der Waals surface area contributed by atoms with Crippen LogP contribution in [0.25, 0.3) is 0 Å².